The molecule has 0 radical (unpaired) electrons. The zero-order valence-electron chi connectivity index (χ0n) is 20.6. The summed E-state index contributed by atoms with van der Waals surface area (Å²) < 4.78 is 6.17. The Morgan fingerprint density at radius 1 is 0.972 bits per heavy atom. The van der Waals surface area contributed by atoms with E-state index in [2.05, 4.69) is 4.98 Å². The number of aryl methyl sites for hydroxylation is 3. The molecule has 1 atom stereocenters. The lowest BCUT2D eigenvalue weighted by Crippen LogP contribution is -2.54. The monoisotopic (exact) mass is 479 g/mol. The molecule has 2 amide bonds. The SMILES string of the molecule is CCCN1C(=O)C2(c3ccccc31)c1c(oc3cc(C)c(C)cc3c1=O)C(=O)N2c1cc(C)ccn1. The number of amides is 2. The summed E-state index contributed by atoms with van der Waals surface area (Å²) >= 11 is 0. The molecule has 1 unspecified atom stereocenters. The second kappa shape index (κ2) is 7.62. The molecule has 2 aliphatic heterocycles. The molecular weight excluding hydrogens is 454 g/mol. The molecule has 2 aromatic heterocycles. The van der Waals surface area contributed by atoms with E-state index in [9.17, 15) is 14.4 Å². The molecule has 6 rings (SSSR count). The average molecular weight is 480 g/mol. The van der Waals surface area contributed by atoms with Gasteiger partial charge in [-0.3, -0.25) is 19.3 Å². The van der Waals surface area contributed by atoms with Crippen molar-refractivity contribution in [2.24, 2.45) is 0 Å². The van der Waals surface area contributed by atoms with Crippen LogP contribution in [0.15, 0.2) is 63.9 Å². The molecule has 7 nitrogen and oxygen atoms in total. The number of anilines is 2. The summed E-state index contributed by atoms with van der Waals surface area (Å²) in [7, 11) is 0. The normalized spacial score (nSPS) is 18.4. The van der Waals surface area contributed by atoms with Gasteiger partial charge in [-0.2, -0.15) is 0 Å². The van der Waals surface area contributed by atoms with Crippen molar-refractivity contribution in [2.45, 2.75) is 39.7 Å². The van der Waals surface area contributed by atoms with E-state index in [0.717, 1.165) is 16.7 Å². The Kier molecular flexibility index (Phi) is 4.70. The third kappa shape index (κ3) is 2.68. The smallest absolute Gasteiger partial charge is 0.297 e. The lowest BCUT2D eigenvalue weighted by molar-refractivity contribution is -0.121. The van der Waals surface area contributed by atoms with Gasteiger partial charge < -0.3 is 9.32 Å². The summed E-state index contributed by atoms with van der Waals surface area (Å²) in [5.74, 6) is -0.720. The largest absolute Gasteiger partial charge is 0.450 e. The van der Waals surface area contributed by atoms with Gasteiger partial charge in [0.2, 0.25) is 5.76 Å². The lowest BCUT2D eigenvalue weighted by atomic mass is 9.83. The Balaban J connectivity index is 1.79. The summed E-state index contributed by atoms with van der Waals surface area (Å²) in [6, 6.07) is 14.5. The first-order valence-corrected chi connectivity index (χ1v) is 12.1. The quantitative estimate of drug-likeness (QED) is 0.423. The summed E-state index contributed by atoms with van der Waals surface area (Å²) in [5.41, 5.74) is 2.31. The Morgan fingerprint density at radius 2 is 1.72 bits per heavy atom. The van der Waals surface area contributed by atoms with Crippen molar-refractivity contribution in [1.29, 1.82) is 0 Å². The van der Waals surface area contributed by atoms with Crippen LogP contribution < -0.4 is 15.2 Å². The lowest BCUT2D eigenvalue weighted by Gasteiger charge is -2.33. The molecule has 0 N–H and O–H groups in total. The number of pyridine rings is 1. The number of benzene rings is 2. The second-order valence-corrected chi connectivity index (χ2v) is 9.58. The molecule has 4 heterocycles. The fourth-order valence-electron chi connectivity index (χ4n) is 5.55. The van der Waals surface area contributed by atoms with Crippen LogP contribution in [0.25, 0.3) is 11.0 Å². The van der Waals surface area contributed by atoms with E-state index in [1.165, 1.54) is 4.90 Å². The molecule has 0 saturated carbocycles. The van der Waals surface area contributed by atoms with Gasteiger partial charge in [-0.25, -0.2) is 4.98 Å². The number of nitrogens with zero attached hydrogens (tertiary/aromatic N) is 3. The van der Waals surface area contributed by atoms with Crippen LogP contribution in [0, 0.1) is 20.8 Å². The minimum atomic E-state index is -1.70. The molecule has 2 aliphatic rings. The van der Waals surface area contributed by atoms with Crippen LogP contribution in [0.1, 0.15) is 51.7 Å². The van der Waals surface area contributed by atoms with E-state index in [0.29, 0.717) is 41.0 Å². The summed E-state index contributed by atoms with van der Waals surface area (Å²) in [5, 5.41) is 0.349. The first-order valence-electron chi connectivity index (χ1n) is 12.1. The highest BCUT2D eigenvalue weighted by Crippen LogP contribution is 2.53. The van der Waals surface area contributed by atoms with Crippen LogP contribution in [0.4, 0.5) is 11.5 Å². The Bertz CT molecular complexity index is 1670. The number of carbonyl (C=O) groups excluding carboxylic acids is 2. The van der Waals surface area contributed by atoms with Gasteiger partial charge in [0.05, 0.1) is 16.6 Å². The van der Waals surface area contributed by atoms with Gasteiger partial charge in [0.1, 0.15) is 11.4 Å². The second-order valence-electron chi connectivity index (χ2n) is 9.58. The molecule has 7 heteroatoms. The van der Waals surface area contributed by atoms with E-state index in [-0.39, 0.29) is 22.7 Å². The van der Waals surface area contributed by atoms with Gasteiger partial charge in [0, 0.05) is 18.3 Å². The molecule has 36 heavy (non-hydrogen) atoms. The molecule has 4 aromatic rings. The minimum Gasteiger partial charge on any atom is -0.450 e. The Morgan fingerprint density at radius 3 is 2.47 bits per heavy atom. The summed E-state index contributed by atoms with van der Waals surface area (Å²) in [6.45, 7) is 8.18. The third-order valence-electron chi connectivity index (χ3n) is 7.32. The number of carbonyl (C=O) groups is 2. The molecule has 0 fully saturated rings. The molecule has 0 bridgehead atoms. The van der Waals surface area contributed by atoms with Crippen LogP contribution in [-0.4, -0.2) is 23.3 Å². The van der Waals surface area contributed by atoms with Gasteiger partial charge in [-0.1, -0.05) is 25.1 Å². The molecule has 2 aromatic carbocycles. The van der Waals surface area contributed by atoms with E-state index < -0.39 is 11.4 Å². The molecule has 0 aliphatic carbocycles. The van der Waals surface area contributed by atoms with Crippen molar-refractivity contribution in [2.75, 3.05) is 16.3 Å². The summed E-state index contributed by atoms with van der Waals surface area (Å²) in [6.07, 6.45) is 2.31. The van der Waals surface area contributed by atoms with Crippen LogP contribution in [-0.2, 0) is 10.3 Å². The van der Waals surface area contributed by atoms with E-state index in [4.69, 9.17) is 4.42 Å². The maximum Gasteiger partial charge on any atom is 0.297 e. The number of hydrogen-bond donors (Lipinski definition) is 0. The Hall–Kier alpha value is -4.26. The van der Waals surface area contributed by atoms with Gasteiger partial charge in [-0.15, -0.1) is 0 Å². The third-order valence-corrected chi connectivity index (χ3v) is 7.32. The van der Waals surface area contributed by atoms with Crippen LogP contribution in [0.2, 0.25) is 0 Å². The van der Waals surface area contributed by atoms with Crippen molar-refractivity contribution in [3.05, 3.63) is 98.5 Å². The van der Waals surface area contributed by atoms with Gasteiger partial charge >= 0.3 is 0 Å². The highest BCUT2D eigenvalue weighted by atomic mass is 16.3. The van der Waals surface area contributed by atoms with E-state index in [1.807, 2.05) is 58.0 Å². The first-order chi connectivity index (χ1) is 17.3. The predicted molar refractivity (Wildman–Crippen MR) is 138 cm³/mol. The van der Waals surface area contributed by atoms with Gasteiger partial charge in [0.25, 0.3) is 11.8 Å². The van der Waals surface area contributed by atoms with Gasteiger partial charge in [-0.05, 0) is 74.2 Å². The fourth-order valence-corrected chi connectivity index (χ4v) is 5.55. The van der Waals surface area contributed by atoms with Crippen molar-refractivity contribution in [1.82, 2.24) is 4.98 Å². The van der Waals surface area contributed by atoms with Crippen molar-refractivity contribution in [3.8, 4) is 0 Å². The van der Waals surface area contributed by atoms with E-state index in [1.54, 1.807) is 29.3 Å². The highest BCUT2D eigenvalue weighted by molar-refractivity contribution is 6.24. The maximum atomic E-state index is 14.5. The standard InChI is InChI=1S/C29H25N3O4/c1-5-12-31-21-9-7-6-8-20(21)29(28(31)35)24-25(33)19-14-17(3)18(4)15-22(19)36-26(24)27(34)32(29)23-13-16(2)10-11-30-23/h6-11,13-15H,5,12H2,1-4H3. The zero-order chi connectivity index (χ0) is 25.4. The van der Waals surface area contributed by atoms with Gasteiger partial charge in [0.15, 0.2) is 11.0 Å². The topological polar surface area (TPSA) is 83.7 Å². The Labute approximate surface area is 208 Å². The number of fused-ring (bicyclic) bond motifs is 5. The molecule has 0 saturated heterocycles. The van der Waals surface area contributed by atoms with Crippen LogP contribution in [0.5, 0.6) is 0 Å². The van der Waals surface area contributed by atoms with E-state index >= 15 is 0 Å². The number of para-hydroxylation sites is 1. The number of rotatable bonds is 3. The van der Waals surface area contributed by atoms with Crippen molar-refractivity contribution >= 4 is 34.3 Å². The number of hydrogen-bond acceptors (Lipinski definition) is 5. The highest BCUT2D eigenvalue weighted by Gasteiger charge is 2.65. The zero-order valence-corrected chi connectivity index (χ0v) is 20.6. The molecule has 180 valence electrons. The molecular formula is C29H25N3O4. The van der Waals surface area contributed by atoms with Crippen molar-refractivity contribution in [3.63, 3.8) is 0 Å². The van der Waals surface area contributed by atoms with Crippen molar-refractivity contribution < 1.29 is 14.0 Å². The average Bonchev–Trinajstić information content (AvgIpc) is 3.25. The van der Waals surface area contributed by atoms with Crippen LogP contribution >= 0.6 is 0 Å². The first kappa shape index (κ1) is 22.2. The predicted octanol–water partition coefficient (Wildman–Crippen LogP) is 4.77. The fraction of sp³-hybridized carbons (Fsp3) is 0.241. The maximum absolute atomic E-state index is 14.5. The molecule has 1 spiro atoms. The summed E-state index contributed by atoms with van der Waals surface area (Å²) in [4.78, 5) is 50.3. The minimum absolute atomic E-state index is 0.0580. The number of aromatic nitrogens is 1. The van der Waals surface area contributed by atoms with Crippen LogP contribution in [0.3, 0.4) is 0 Å².